The molecule has 1 fully saturated rings. The molecule has 5 heterocycles. The van der Waals surface area contributed by atoms with E-state index >= 15 is 0 Å². The largest absolute Gasteiger partial charge is 0.394 e. The van der Waals surface area contributed by atoms with Crippen LogP contribution < -0.4 is 0 Å². The van der Waals surface area contributed by atoms with Gasteiger partial charge in [-0.15, -0.1) is 0 Å². The van der Waals surface area contributed by atoms with E-state index in [2.05, 4.69) is 27.8 Å². The van der Waals surface area contributed by atoms with Crippen molar-refractivity contribution in [1.82, 2.24) is 24.1 Å². The topological polar surface area (TPSA) is 73.6 Å². The van der Waals surface area contributed by atoms with Crippen molar-refractivity contribution in [3.8, 4) is 0 Å². The van der Waals surface area contributed by atoms with Crippen LogP contribution in [0.3, 0.4) is 0 Å². The number of fused-ring (bicyclic) bond motifs is 2. The van der Waals surface area contributed by atoms with Gasteiger partial charge >= 0.3 is 0 Å². The van der Waals surface area contributed by atoms with Gasteiger partial charge < -0.3 is 19.1 Å². The minimum absolute atomic E-state index is 0.0508. The maximum Gasteiger partial charge on any atom is 0.255 e. The number of rotatable bonds is 7. The number of hydrogen-bond acceptors (Lipinski definition) is 6. The second-order valence-electron chi connectivity index (χ2n) is 9.50. The molecule has 0 saturated carbocycles. The maximum absolute atomic E-state index is 13.4. The van der Waals surface area contributed by atoms with E-state index in [1.54, 1.807) is 11.0 Å². The van der Waals surface area contributed by atoms with E-state index in [1.807, 2.05) is 60.3 Å². The summed E-state index contributed by atoms with van der Waals surface area (Å²) in [6.45, 7) is 8.66. The number of nitrogens with zero attached hydrogens (tertiary/aromatic N) is 5. The van der Waals surface area contributed by atoms with Gasteiger partial charge in [-0.3, -0.25) is 14.6 Å². The van der Waals surface area contributed by atoms with Crippen LogP contribution in [0.1, 0.15) is 18.2 Å². The molecule has 9 heteroatoms. The summed E-state index contributed by atoms with van der Waals surface area (Å²) in [5.41, 5.74) is 5.06. The monoisotopic (exact) mass is 521 g/mol. The van der Waals surface area contributed by atoms with E-state index in [4.69, 9.17) is 21.4 Å². The molecule has 0 bridgehead atoms. The summed E-state index contributed by atoms with van der Waals surface area (Å²) in [6, 6.07) is 2.20. The quantitative estimate of drug-likeness (QED) is 0.563. The number of aliphatic hydroxyl groups excluding tert-OH is 1. The number of hydrogen-bond donors (Lipinski definition) is 1. The summed E-state index contributed by atoms with van der Waals surface area (Å²) in [6.07, 6.45) is 17.4. The minimum atomic E-state index is -0.113. The normalized spacial score (nSPS) is 24.2. The molecule has 3 aliphatic rings. The summed E-state index contributed by atoms with van der Waals surface area (Å²) in [7, 11) is 0. The number of carbonyl (C=O) groups is 1. The van der Waals surface area contributed by atoms with E-state index in [1.165, 1.54) is 0 Å². The van der Waals surface area contributed by atoms with E-state index in [0.717, 1.165) is 54.4 Å². The lowest BCUT2D eigenvalue weighted by Gasteiger charge is -2.42. The fraction of sp³-hybridized carbons (Fsp3) is 0.357. The average Bonchev–Trinajstić information content (AvgIpc) is 3.26. The molecule has 0 aromatic carbocycles. The molecule has 3 aliphatic heterocycles. The molecule has 2 aromatic rings. The number of halogens is 1. The second-order valence-corrected chi connectivity index (χ2v) is 9.91. The highest BCUT2D eigenvalue weighted by atomic mass is 35.5. The van der Waals surface area contributed by atoms with E-state index < -0.39 is 0 Å². The van der Waals surface area contributed by atoms with Crippen LogP contribution in [0.25, 0.3) is 11.2 Å². The molecule has 1 atom stereocenters. The number of carbonyl (C=O) groups excluding carboxylic acids is 1. The number of allylic oxidation sites excluding steroid dienone is 6. The van der Waals surface area contributed by atoms with Crippen LogP contribution in [0.4, 0.5) is 0 Å². The Morgan fingerprint density at radius 1 is 1.16 bits per heavy atom. The van der Waals surface area contributed by atoms with Gasteiger partial charge in [0.2, 0.25) is 0 Å². The van der Waals surface area contributed by atoms with Gasteiger partial charge in [0.05, 0.1) is 36.2 Å². The van der Waals surface area contributed by atoms with Gasteiger partial charge in [-0.1, -0.05) is 23.8 Å². The number of ether oxygens (including phenoxy) is 1. The molecule has 2 aromatic heterocycles. The first-order valence-corrected chi connectivity index (χ1v) is 13.0. The Labute approximate surface area is 222 Å². The SMILES string of the molecule is Cc1cn2cc(C3=C\C(=O)N4C=C(N5CCN(CCOCCO)[C@@H](C)C5)C=C\C4=C/C=C/3)cc(Cl)c2n1. The number of piperazine rings is 1. The number of pyridine rings is 1. The van der Waals surface area contributed by atoms with Gasteiger partial charge in [0.25, 0.3) is 5.91 Å². The third-order valence-corrected chi connectivity index (χ3v) is 7.15. The molecule has 194 valence electrons. The number of amides is 1. The lowest BCUT2D eigenvalue weighted by molar-refractivity contribution is -0.122. The summed E-state index contributed by atoms with van der Waals surface area (Å²) >= 11 is 6.50. The molecule has 8 nitrogen and oxygen atoms in total. The van der Waals surface area contributed by atoms with Crippen molar-refractivity contribution in [1.29, 1.82) is 0 Å². The van der Waals surface area contributed by atoms with Gasteiger partial charge in [0.15, 0.2) is 5.65 Å². The first kappa shape index (κ1) is 25.5. The van der Waals surface area contributed by atoms with Gasteiger partial charge in [-0.05, 0) is 43.7 Å². The Bertz CT molecular complexity index is 1340. The van der Waals surface area contributed by atoms with Crippen LogP contribution in [0.15, 0.2) is 72.5 Å². The molecular formula is C28H32ClN5O3. The maximum atomic E-state index is 13.4. The molecule has 37 heavy (non-hydrogen) atoms. The highest BCUT2D eigenvalue weighted by Crippen LogP contribution is 2.28. The predicted octanol–water partition coefficient (Wildman–Crippen LogP) is 3.39. The van der Waals surface area contributed by atoms with Crippen molar-refractivity contribution in [3.05, 3.63) is 88.8 Å². The third-order valence-electron chi connectivity index (χ3n) is 6.87. The summed E-state index contributed by atoms with van der Waals surface area (Å²) in [5.74, 6) is -0.113. The lowest BCUT2D eigenvalue weighted by atomic mass is 10.0. The standard InChI is InChI=1S/C28H32ClN5O3/c1-20-16-33-18-23(14-26(29)28(33)30-20)22-4-3-5-24-6-7-25(19-34(24)27(36)15-22)32-9-8-31(21(2)17-32)10-12-37-13-11-35/h3-7,14-16,18-19,21,35H,8-13,17H2,1-2H3/b4-3+,22-15+,24-5+/t21-/m0/s1. The first-order chi connectivity index (χ1) is 17.9. The van der Waals surface area contributed by atoms with Crippen molar-refractivity contribution in [2.45, 2.75) is 19.9 Å². The van der Waals surface area contributed by atoms with Crippen molar-refractivity contribution < 1.29 is 14.6 Å². The zero-order valence-corrected chi connectivity index (χ0v) is 21.9. The van der Waals surface area contributed by atoms with E-state index in [0.29, 0.717) is 29.9 Å². The molecule has 0 aliphatic carbocycles. The molecule has 1 N–H and O–H groups in total. The van der Waals surface area contributed by atoms with E-state index in [9.17, 15) is 4.79 Å². The molecular weight excluding hydrogens is 490 g/mol. The van der Waals surface area contributed by atoms with Crippen LogP contribution in [0.5, 0.6) is 0 Å². The molecule has 0 radical (unpaired) electrons. The number of aromatic nitrogens is 2. The fourth-order valence-electron chi connectivity index (χ4n) is 4.94. The Kier molecular flexibility index (Phi) is 7.62. The summed E-state index contributed by atoms with van der Waals surface area (Å²) in [4.78, 5) is 24.3. The van der Waals surface area contributed by atoms with Gasteiger partial charge in [0, 0.05) is 68.2 Å². The third kappa shape index (κ3) is 5.57. The zero-order chi connectivity index (χ0) is 25.9. The highest BCUT2D eigenvalue weighted by molar-refractivity contribution is 6.33. The van der Waals surface area contributed by atoms with Crippen LogP contribution in [-0.2, 0) is 9.53 Å². The Morgan fingerprint density at radius 3 is 2.81 bits per heavy atom. The van der Waals surface area contributed by atoms with Crippen molar-refractivity contribution in [2.24, 2.45) is 0 Å². The zero-order valence-electron chi connectivity index (χ0n) is 21.2. The smallest absolute Gasteiger partial charge is 0.255 e. The molecule has 0 unspecified atom stereocenters. The number of aliphatic hydroxyl groups is 1. The van der Waals surface area contributed by atoms with Crippen molar-refractivity contribution in [3.63, 3.8) is 0 Å². The van der Waals surface area contributed by atoms with Gasteiger partial charge in [-0.25, -0.2) is 4.98 Å². The molecule has 0 spiro atoms. The van der Waals surface area contributed by atoms with Gasteiger partial charge in [-0.2, -0.15) is 0 Å². The lowest BCUT2D eigenvalue weighted by Crippen LogP contribution is -2.52. The predicted molar refractivity (Wildman–Crippen MR) is 145 cm³/mol. The summed E-state index contributed by atoms with van der Waals surface area (Å²) < 4.78 is 7.33. The Morgan fingerprint density at radius 2 is 2.00 bits per heavy atom. The van der Waals surface area contributed by atoms with Crippen molar-refractivity contribution in [2.75, 3.05) is 46.0 Å². The summed E-state index contributed by atoms with van der Waals surface area (Å²) in [5, 5.41) is 9.43. The Hall–Kier alpha value is -3.17. The highest BCUT2D eigenvalue weighted by Gasteiger charge is 2.27. The molecule has 5 rings (SSSR count). The molecule has 1 amide bonds. The number of imidazole rings is 1. The Balaban J connectivity index is 1.33. The van der Waals surface area contributed by atoms with Crippen LogP contribution in [-0.4, -0.2) is 87.1 Å². The van der Waals surface area contributed by atoms with Crippen LogP contribution in [0, 0.1) is 6.92 Å². The van der Waals surface area contributed by atoms with Crippen molar-refractivity contribution >= 4 is 28.7 Å². The van der Waals surface area contributed by atoms with Gasteiger partial charge in [0.1, 0.15) is 0 Å². The minimum Gasteiger partial charge on any atom is -0.394 e. The van der Waals surface area contributed by atoms with Crippen LogP contribution >= 0.6 is 11.6 Å². The fourth-order valence-corrected chi connectivity index (χ4v) is 5.20. The molecule has 1 saturated heterocycles. The van der Waals surface area contributed by atoms with Crippen LogP contribution in [0.2, 0.25) is 5.02 Å². The number of aryl methyl sites for hydroxylation is 1. The second kappa shape index (κ2) is 11.1. The van der Waals surface area contributed by atoms with E-state index in [-0.39, 0.29) is 12.5 Å². The first-order valence-electron chi connectivity index (χ1n) is 12.6. The average molecular weight is 522 g/mol.